The van der Waals surface area contributed by atoms with E-state index >= 15 is 0 Å². The van der Waals surface area contributed by atoms with Crippen LogP contribution in [0.15, 0.2) is 47.4 Å². The van der Waals surface area contributed by atoms with E-state index in [4.69, 9.17) is 4.74 Å². The molecule has 0 aliphatic heterocycles. The van der Waals surface area contributed by atoms with Gasteiger partial charge in [0.25, 0.3) is 11.6 Å². The normalized spacial score (nSPS) is 10.9. The second-order valence-electron chi connectivity index (χ2n) is 5.28. The molecule has 148 valence electrons. The third-order valence-corrected chi connectivity index (χ3v) is 4.83. The van der Waals surface area contributed by atoms with Crippen LogP contribution in [-0.2, 0) is 19.6 Å². The van der Waals surface area contributed by atoms with Crippen LogP contribution in [0.3, 0.4) is 0 Å². The maximum absolute atomic E-state index is 13.6. The van der Waals surface area contributed by atoms with Crippen molar-refractivity contribution >= 4 is 33.3 Å². The second-order valence-corrected chi connectivity index (χ2v) is 7.17. The number of amides is 1. The fraction of sp³-hybridized carbons (Fsp3) is 0.125. The summed E-state index contributed by atoms with van der Waals surface area (Å²) in [6.07, 6.45) is 0. The molecular formula is C16H14FN3O7S. The lowest BCUT2D eigenvalue weighted by Crippen LogP contribution is -2.22. The Morgan fingerprint density at radius 3 is 2.57 bits per heavy atom. The summed E-state index contributed by atoms with van der Waals surface area (Å²) in [4.78, 5) is 33.6. The van der Waals surface area contributed by atoms with E-state index in [1.165, 1.54) is 25.2 Å². The van der Waals surface area contributed by atoms with Crippen molar-refractivity contribution < 1.29 is 32.1 Å². The summed E-state index contributed by atoms with van der Waals surface area (Å²) in [6, 6.07) is 7.49. The molecule has 2 aromatic carbocycles. The van der Waals surface area contributed by atoms with Crippen molar-refractivity contribution in [3.05, 3.63) is 64.0 Å². The summed E-state index contributed by atoms with van der Waals surface area (Å²) in [6.45, 7) is -0.816. The van der Waals surface area contributed by atoms with Gasteiger partial charge in [0.05, 0.1) is 21.1 Å². The first-order valence-electron chi connectivity index (χ1n) is 7.58. The van der Waals surface area contributed by atoms with Crippen LogP contribution in [0, 0.1) is 15.9 Å². The summed E-state index contributed by atoms with van der Waals surface area (Å²) >= 11 is 0. The van der Waals surface area contributed by atoms with Gasteiger partial charge < -0.3 is 10.1 Å². The molecule has 0 radical (unpaired) electrons. The third kappa shape index (κ3) is 5.08. The van der Waals surface area contributed by atoms with E-state index in [0.717, 1.165) is 24.3 Å². The zero-order valence-corrected chi connectivity index (χ0v) is 15.2. The largest absolute Gasteiger partial charge is 0.452 e. The highest BCUT2D eigenvalue weighted by Crippen LogP contribution is 2.21. The number of anilines is 1. The quantitative estimate of drug-likeness (QED) is 0.398. The number of sulfonamides is 1. The van der Waals surface area contributed by atoms with Gasteiger partial charge in [0, 0.05) is 12.1 Å². The van der Waals surface area contributed by atoms with Gasteiger partial charge in [0.1, 0.15) is 5.82 Å². The van der Waals surface area contributed by atoms with E-state index in [2.05, 4.69) is 10.0 Å². The Hall–Kier alpha value is -3.38. The molecule has 10 nitrogen and oxygen atoms in total. The van der Waals surface area contributed by atoms with E-state index in [9.17, 15) is 32.5 Å². The Kier molecular flexibility index (Phi) is 6.38. The smallest absolute Gasteiger partial charge is 0.338 e. The number of rotatable bonds is 7. The Bertz CT molecular complexity index is 1040. The molecule has 2 rings (SSSR count). The number of non-ortho nitro benzene ring substituents is 1. The summed E-state index contributed by atoms with van der Waals surface area (Å²) < 4.78 is 44.0. The number of halogens is 1. The molecule has 1 amide bonds. The van der Waals surface area contributed by atoms with Crippen LogP contribution in [0.2, 0.25) is 0 Å². The Labute approximate surface area is 158 Å². The minimum Gasteiger partial charge on any atom is -0.452 e. The first-order chi connectivity index (χ1) is 13.1. The fourth-order valence-corrected chi connectivity index (χ4v) is 2.81. The molecule has 0 atom stereocenters. The number of benzene rings is 2. The molecule has 0 unspecified atom stereocenters. The molecule has 2 aromatic rings. The summed E-state index contributed by atoms with van der Waals surface area (Å²) in [5.41, 5.74) is -1.00. The van der Waals surface area contributed by atoms with Crippen molar-refractivity contribution in [3.63, 3.8) is 0 Å². The van der Waals surface area contributed by atoms with Crippen LogP contribution in [0.5, 0.6) is 0 Å². The SMILES string of the molecule is CNS(=O)(=O)c1cccc(C(=O)OCC(=O)Nc2cc([N+](=O)[O-])ccc2F)c1. The van der Waals surface area contributed by atoms with Crippen LogP contribution in [-0.4, -0.2) is 38.9 Å². The van der Waals surface area contributed by atoms with Gasteiger partial charge in [-0.1, -0.05) is 6.07 Å². The van der Waals surface area contributed by atoms with Crippen LogP contribution in [0.1, 0.15) is 10.4 Å². The van der Waals surface area contributed by atoms with Crippen molar-refractivity contribution in [3.8, 4) is 0 Å². The molecular weight excluding hydrogens is 397 g/mol. The maximum Gasteiger partial charge on any atom is 0.338 e. The lowest BCUT2D eigenvalue weighted by atomic mass is 10.2. The van der Waals surface area contributed by atoms with E-state index < -0.39 is 50.6 Å². The number of carbonyl (C=O) groups excluding carboxylic acids is 2. The summed E-state index contributed by atoms with van der Waals surface area (Å²) in [7, 11) is -2.57. The Balaban J connectivity index is 2.04. The second kappa shape index (κ2) is 8.54. The third-order valence-electron chi connectivity index (χ3n) is 3.42. The number of hydrogen-bond donors (Lipinski definition) is 2. The molecule has 0 aliphatic carbocycles. The minimum atomic E-state index is -3.78. The van der Waals surface area contributed by atoms with Crippen molar-refractivity contribution in [2.75, 3.05) is 19.0 Å². The number of nitrogens with zero attached hydrogens (tertiary/aromatic N) is 1. The number of hydrogen-bond acceptors (Lipinski definition) is 7. The Morgan fingerprint density at radius 2 is 1.93 bits per heavy atom. The number of nitrogens with one attached hydrogen (secondary N) is 2. The monoisotopic (exact) mass is 411 g/mol. The number of carbonyl (C=O) groups is 2. The maximum atomic E-state index is 13.6. The van der Waals surface area contributed by atoms with Gasteiger partial charge in [0.15, 0.2) is 6.61 Å². The predicted octanol–water partition coefficient (Wildman–Crippen LogP) is 1.44. The van der Waals surface area contributed by atoms with Gasteiger partial charge in [-0.2, -0.15) is 0 Å². The van der Waals surface area contributed by atoms with Crippen LogP contribution in [0.4, 0.5) is 15.8 Å². The minimum absolute atomic E-state index is 0.120. The summed E-state index contributed by atoms with van der Waals surface area (Å²) in [5, 5.41) is 12.8. The van der Waals surface area contributed by atoms with Crippen molar-refractivity contribution in [2.24, 2.45) is 0 Å². The molecule has 0 bridgehead atoms. The van der Waals surface area contributed by atoms with Crippen LogP contribution >= 0.6 is 0 Å². The number of nitro groups is 1. The lowest BCUT2D eigenvalue weighted by molar-refractivity contribution is -0.384. The molecule has 0 saturated heterocycles. The molecule has 28 heavy (non-hydrogen) atoms. The first kappa shape index (κ1) is 20.9. The average Bonchev–Trinajstić information content (AvgIpc) is 2.67. The Morgan fingerprint density at radius 1 is 1.21 bits per heavy atom. The van der Waals surface area contributed by atoms with Crippen molar-refractivity contribution in [2.45, 2.75) is 4.90 Å². The topological polar surface area (TPSA) is 145 Å². The molecule has 0 spiro atoms. The van der Waals surface area contributed by atoms with Gasteiger partial charge in [-0.3, -0.25) is 14.9 Å². The van der Waals surface area contributed by atoms with Gasteiger partial charge in [-0.05, 0) is 31.3 Å². The van der Waals surface area contributed by atoms with Gasteiger partial charge in [-0.15, -0.1) is 0 Å². The highest BCUT2D eigenvalue weighted by Gasteiger charge is 2.17. The highest BCUT2D eigenvalue weighted by molar-refractivity contribution is 7.89. The molecule has 2 N–H and O–H groups in total. The predicted molar refractivity (Wildman–Crippen MR) is 94.7 cm³/mol. The fourth-order valence-electron chi connectivity index (χ4n) is 2.03. The standard InChI is InChI=1S/C16H14FN3O7S/c1-18-28(25,26)12-4-2-3-10(7-12)16(22)27-9-15(21)19-14-8-11(20(23)24)5-6-13(14)17/h2-8,18H,9H2,1H3,(H,19,21). The molecule has 0 heterocycles. The zero-order valence-electron chi connectivity index (χ0n) is 14.3. The van der Waals surface area contributed by atoms with Gasteiger partial charge in [0.2, 0.25) is 10.0 Å². The molecule has 0 fully saturated rings. The lowest BCUT2D eigenvalue weighted by Gasteiger charge is -2.08. The molecule has 0 aliphatic rings. The number of nitro benzene ring substituents is 1. The van der Waals surface area contributed by atoms with Crippen LogP contribution < -0.4 is 10.0 Å². The van der Waals surface area contributed by atoms with E-state index in [1.54, 1.807) is 0 Å². The first-order valence-corrected chi connectivity index (χ1v) is 9.07. The number of ether oxygens (including phenoxy) is 1. The average molecular weight is 411 g/mol. The molecule has 12 heteroatoms. The van der Waals surface area contributed by atoms with Crippen molar-refractivity contribution in [1.29, 1.82) is 0 Å². The van der Waals surface area contributed by atoms with Gasteiger partial charge in [-0.25, -0.2) is 22.3 Å². The van der Waals surface area contributed by atoms with E-state index in [0.29, 0.717) is 0 Å². The van der Waals surface area contributed by atoms with Gasteiger partial charge >= 0.3 is 5.97 Å². The van der Waals surface area contributed by atoms with Crippen LogP contribution in [0.25, 0.3) is 0 Å². The van der Waals surface area contributed by atoms with Crippen molar-refractivity contribution in [1.82, 2.24) is 4.72 Å². The van der Waals surface area contributed by atoms with E-state index in [-0.39, 0.29) is 10.5 Å². The van der Waals surface area contributed by atoms with E-state index in [1.807, 2.05) is 0 Å². The summed E-state index contributed by atoms with van der Waals surface area (Å²) in [5.74, 6) is -2.83. The molecule has 0 saturated carbocycles. The molecule has 0 aromatic heterocycles. The highest BCUT2D eigenvalue weighted by atomic mass is 32.2. The number of esters is 1. The zero-order chi connectivity index (χ0) is 20.9.